The van der Waals surface area contributed by atoms with Crippen molar-refractivity contribution < 1.29 is 23.5 Å². The predicted molar refractivity (Wildman–Crippen MR) is 108 cm³/mol. The number of carbonyl (C=O) groups is 3. The number of furan rings is 1. The van der Waals surface area contributed by atoms with Gasteiger partial charge in [-0.05, 0) is 62.1 Å². The Labute approximate surface area is 170 Å². The van der Waals surface area contributed by atoms with E-state index in [2.05, 4.69) is 5.32 Å². The summed E-state index contributed by atoms with van der Waals surface area (Å²) in [5, 5.41) is 2.84. The molecular weight excluding hydrogens is 372 g/mol. The molecule has 2 aromatic rings. The minimum Gasteiger partial charge on any atom is -0.462 e. The SMILES string of the molecule is CCCCOC(=O)c1ccc(NC(=O)C2CCCCN2C(=O)c2ccco2)cc1. The van der Waals surface area contributed by atoms with Gasteiger partial charge in [0.15, 0.2) is 5.76 Å². The zero-order chi connectivity index (χ0) is 20.6. The summed E-state index contributed by atoms with van der Waals surface area (Å²) in [4.78, 5) is 39.0. The van der Waals surface area contributed by atoms with E-state index in [-0.39, 0.29) is 23.5 Å². The van der Waals surface area contributed by atoms with E-state index in [1.807, 2.05) is 6.92 Å². The van der Waals surface area contributed by atoms with Crippen LogP contribution in [0.1, 0.15) is 59.9 Å². The van der Waals surface area contributed by atoms with E-state index in [1.165, 1.54) is 6.26 Å². The highest BCUT2D eigenvalue weighted by molar-refractivity contribution is 6.00. The predicted octanol–water partition coefficient (Wildman–Crippen LogP) is 3.87. The Morgan fingerprint density at radius 3 is 2.66 bits per heavy atom. The van der Waals surface area contributed by atoms with E-state index in [0.717, 1.165) is 25.7 Å². The Kier molecular flexibility index (Phi) is 7.05. The molecule has 1 N–H and O–H groups in total. The van der Waals surface area contributed by atoms with E-state index < -0.39 is 6.04 Å². The number of hydrogen-bond acceptors (Lipinski definition) is 5. The molecule has 7 nitrogen and oxygen atoms in total. The Hall–Kier alpha value is -3.09. The second-order valence-electron chi connectivity index (χ2n) is 7.04. The Bertz CT molecular complexity index is 829. The normalized spacial score (nSPS) is 16.3. The molecule has 3 rings (SSSR count). The standard InChI is InChI=1S/C22H26N2O5/c1-2-3-14-29-22(27)16-9-11-17(12-10-16)23-20(25)18-7-4-5-13-24(18)21(26)19-8-6-15-28-19/h6,8-12,15,18H,2-5,7,13-14H2,1H3,(H,23,25). The first-order valence-electron chi connectivity index (χ1n) is 10.0. The highest BCUT2D eigenvalue weighted by Gasteiger charge is 2.33. The zero-order valence-corrected chi connectivity index (χ0v) is 16.6. The molecule has 2 heterocycles. The van der Waals surface area contributed by atoms with Crippen molar-refractivity contribution in [3.8, 4) is 0 Å². The van der Waals surface area contributed by atoms with Crippen LogP contribution in [-0.2, 0) is 9.53 Å². The number of carbonyl (C=O) groups excluding carboxylic acids is 3. The van der Waals surface area contributed by atoms with Crippen LogP contribution in [0.15, 0.2) is 47.1 Å². The lowest BCUT2D eigenvalue weighted by atomic mass is 10.0. The quantitative estimate of drug-likeness (QED) is 0.565. The molecule has 0 spiro atoms. The molecule has 2 amide bonds. The number of likely N-dealkylation sites (tertiary alicyclic amines) is 1. The summed E-state index contributed by atoms with van der Waals surface area (Å²) in [5.74, 6) is -0.669. The molecule has 1 aliphatic heterocycles. The van der Waals surface area contributed by atoms with Crippen molar-refractivity contribution in [2.75, 3.05) is 18.5 Å². The van der Waals surface area contributed by atoms with E-state index in [1.54, 1.807) is 41.3 Å². The summed E-state index contributed by atoms with van der Waals surface area (Å²) in [7, 11) is 0. The fourth-order valence-corrected chi connectivity index (χ4v) is 3.30. The molecule has 29 heavy (non-hydrogen) atoms. The van der Waals surface area contributed by atoms with Crippen LogP contribution in [0.4, 0.5) is 5.69 Å². The first-order valence-corrected chi connectivity index (χ1v) is 10.0. The van der Waals surface area contributed by atoms with Gasteiger partial charge in [0, 0.05) is 12.2 Å². The molecule has 1 atom stereocenters. The lowest BCUT2D eigenvalue weighted by Gasteiger charge is -2.34. The summed E-state index contributed by atoms with van der Waals surface area (Å²) in [6.07, 6.45) is 5.56. The third-order valence-corrected chi connectivity index (χ3v) is 4.92. The molecule has 7 heteroatoms. The fraction of sp³-hybridized carbons (Fsp3) is 0.409. The Morgan fingerprint density at radius 2 is 1.97 bits per heavy atom. The van der Waals surface area contributed by atoms with Gasteiger partial charge in [0.25, 0.3) is 5.91 Å². The summed E-state index contributed by atoms with van der Waals surface area (Å²) in [6, 6.07) is 9.27. The lowest BCUT2D eigenvalue weighted by Crippen LogP contribution is -2.49. The third kappa shape index (κ3) is 5.25. The number of ether oxygens (including phenoxy) is 1. The van der Waals surface area contributed by atoms with Gasteiger partial charge in [-0.15, -0.1) is 0 Å². The molecule has 1 aromatic heterocycles. The number of anilines is 1. The number of unbranched alkanes of at least 4 members (excludes halogenated alkanes) is 1. The van der Waals surface area contributed by atoms with E-state index >= 15 is 0 Å². The molecular formula is C22H26N2O5. The van der Waals surface area contributed by atoms with Crippen LogP contribution in [0, 0.1) is 0 Å². The van der Waals surface area contributed by atoms with Crippen LogP contribution in [0.5, 0.6) is 0 Å². The number of hydrogen-bond donors (Lipinski definition) is 1. The second-order valence-corrected chi connectivity index (χ2v) is 7.04. The summed E-state index contributed by atoms with van der Waals surface area (Å²) >= 11 is 0. The topological polar surface area (TPSA) is 88.9 Å². The first-order chi connectivity index (χ1) is 14.1. The number of nitrogens with zero attached hydrogens (tertiary/aromatic N) is 1. The lowest BCUT2D eigenvalue weighted by molar-refractivity contribution is -0.121. The van der Waals surface area contributed by atoms with Crippen LogP contribution >= 0.6 is 0 Å². The minimum absolute atomic E-state index is 0.232. The first kappa shape index (κ1) is 20.6. The van der Waals surface area contributed by atoms with Gasteiger partial charge in [-0.3, -0.25) is 9.59 Å². The maximum absolute atomic E-state index is 12.8. The molecule has 1 fully saturated rings. The average molecular weight is 398 g/mol. The van der Waals surface area contributed by atoms with Crippen LogP contribution in [0.25, 0.3) is 0 Å². The van der Waals surface area contributed by atoms with Gasteiger partial charge in [0.05, 0.1) is 18.4 Å². The van der Waals surface area contributed by atoms with Gasteiger partial charge < -0.3 is 19.4 Å². The van der Waals surface area contributed by atoms with Crippen molar-refractivity contribution in [1.29, 1.82) is 0 Å². The van der Waals surface area contributed by atoms with E-state index in [0.29, 0.717) is 30.8 Å². The van der Waals surface area contributed by atoms with Gasteiger partial charge in [0.2, 0.25) is 5.91 Å². The van der Waals surface area contributed by atoms with Crippen molar-refractivity contribution >= 4 is 23.5 Å². The molecule has 0 aliphatic carbocycles. The van der Waals surface area contributed by atoms with Gasteiger partial charge in [-0.2, -0.15) is 0 Å². The van der Waals surface area contributed by atoms with Crippen LogP contribution in [-0.4, -0.2) is 41.9 Å². The van der Waals surface area contributed by atoms with Gasteiger partial charge >= 0.3 is 5.97 Å². The zero-order valence-electron chi connectivity index (χ0n) is 16.6. The molecule has 1 aromatic carbocycles. The van der Waals surface area contributed by atoms with Crippen molar-refractivity contribution in [3.63, 3.8) is 0 Å². The van der Waals surface area contributed by atoms with Crippen LogP contribution < -0.4 is 5.32 Å². The molecule has 1 unspecified atom stereocenters. The summed E-state index contributed by atoms with van der Waals surface area (Å²) < 4.78 is 10.4. The summed E-state index contributed by atoms with van der Waals surface area (Å²) in [6.45, 7) is 2.94. The third-order valence-electron chi connectivity index (χ3n) is 4.92. The van der Waals surface area contributed by atoms with Crippen LogP contribution in [0.3, 0.4) is 0 Å². The Balaban J connectivity index is 1.62. The van der Waals surface area contributed by atoms with E-state index in [9.17, 15) is 14.4 Å². The largest absolute Gasteiger partial charge is 0.462 e. The minimum atomic E-state index is -0.556. The second kappa shape index (κ2) is 9.91. The molecule has 154 valence electrons. The maximum atomic E-state index is 12.8. The number of nitrogens with one attached hydrogen (secondary N) is 1. The number of amides is 2. The molecule has 0 bridgehead atoms. The molecule has 0 radical (unpaired) electrons. The fourth-order valence-electron chi connectivity index (χ4n) is 3.30. The van der Waals surface area contributed by atoms with Crippen molar-refractivity contribution in [1.82, 2.24) is 4.90 Å². The van der Waals surface area contributed by atoms with Gasteiger partial charge in [0.1, 0.15) is 6.04 Å². The van der Waals surface area contributed by atoms with Crippen LogP contribution in [0.2, 0.25) is 0 Å². The van der Waals surface area contributed by atoms with Crippen molar-refractivity contribution in [2.24, 2.45) is 0 Å². The Morgan fingerprint density at radius 1 is 1.17 bits per heavy atom. The van der Waals surface area contributed by atoms with Gasteiger partial charge in [-0.1, -0.05) is 13.3 Å². The van der Waals surface area contributed by atoms with E-state index in [4.69, 9.17) is 9.15 Å². The molecule has 1 saturated heterocycles. The highest BCUT2D eigenvalue weighted by Crippen LogP contribution is 2.22. The molecule has 1 aliphatic rings. The maximum Gasteiger partial charge on any atom is 0.338 e. The van der Waals surface area contributed by atoms with Crippen molar-refractivity contribution in [3.05, 3.63) is 54.0 Å². The van der Waals surface area contributed by atoms with Crippen molar-refractivity contribution in [2.45, 2.75) is 45.1 Å². The number of piperidine rings is 1. The number of benzene rings is 1. The molecule has 0 saturated carbocycles. The average Bonchev–Trinajstić information content (AvgIpc) is 3.29. The number of rotatable bonds is 7. The van der Waals surface area contributed by atoms with Gasteiger partial charge in [-0.25, -0.2) is 4.79 Å². The highest BCUT2D eigenvalue weighted by atomic mass is 16.5. The summed E-state index contributed by atoms with van der Waals surface area (Å²) in [5.41, 5.74) is 1.00. The smallest absolute Gasteiger partial charge is 0.338 e. The monoisotopic (exact) mass is 398 g/mol. The number of esters is 1.